The fourth-order valence-electron chi connectivity index (χ4n) is 3.73. The highest BCUT2D eigenvalue weighted by Crippen LogP contribution is 2.21. The molecule has 0 saturated carbocycles. The molecule has 1 aromatic heterocycles. The standard InChI is InChI=1S/C25H29N5O2/c1-18-4-6-20(7-5-18)17-24(31)29-12-14-30(15-13-29)25-26-19(2)16-23(28-25)27-21-8-10-22(32-3)11-9-21/h4-11,16H,12-15,17H2,1-3H3,(H,26,27,28). The molecule has 0 unspecified atom stereocenters. The zero-order chi connectivity index (χ0) is 22.5. The molecule has 0 aliphatic carbocycles. The summed E-state index contributed by atoms with van der Waals surface area (Å²) in [4.78, 5) is 26.1. The highest BCUT2D eigenvalue weighted by molar-refractivity contribution is 5.79. The molecule has 2 heterocycles. The van der Waals surface area contributed by atoms with Gasteiger partial charge in [-0.15, -0.1) is 0 Å². The molecule has 2 aromatic carbocycles. The number of carbonyl (C=O) groups excluding carboxylic acids is 1. The number of aryl methyl sites for hydroxylation is 2. The largest absolute Gasteiger partial charge is 0.497 e. The summed E-state index contributed by atoms with van der Waals surface area (Å²) in [5.74, 6) is 2.41. The van der Waals surface area contributed by atoms with Gasteiger partial charge in [0, 0.05) is 43.6 Å². The van der Waals surface area contributed by atoms with Gasteiger partial charge in [0.2, 0.25) is 11.9 Å². The third kappa shape index (κ3) is 5.35. The molecule has 1 aliphatic rings. The number of ether oxygens (including phenoxy) is 1. The summed E-state index contributed by atoms with van der Waals surface area (Å²) >= 11 is 0. The highest BCUT2D eigenvalue weighted by Gasteiger charge is 2.23. The normalized spacial score (nSPS) is 13.7. The van der Waals surface area contributed by atoms with Gasteiger partial charge in [0.25, 0.3) is 0 Å². The van der Waals surface area contributed by atoms with Crippen LogP contribution in [0.4, 0.5) is 17.5 Å². The van der Waals surface area contributed by atoms with Crippen molar-refractivity contribution in [3.63, 3.8) is 0 Å². The smallest absolute Gasteiger partial charge is 0.227 e. The Hall–Kier alpha value is -3.61. The molecular formula is C25H29N5O2. The van der Waals surface area contributed by atoms with Crippen LogP contribution in [0.3, 0.4) is 0 Å². The zero-order valence-corrected chi connectivity index (χ0v) is 18.8. The second-order valence-corrected chi connectivity index (χ2v) is 8.08. The van der Waals surface area contributed by atoms with Crippen molar-refractivity contribution in [1.29, 1.82) is 0 Å². The molecule has 7 nitrogen and oxygen atoms in total. The van der Waals surface area contributed by atoms with Crippen molar-refractivity contribution < 1.29 is 9.53 Å². The van der Waals surface area contributed by atoms with Gasteiger partial charge < -0.3 is 19.9 Å². The van der Waals surface area contributed by atoms with E-state index in [1.807, 2.05) is 66.4 Å². The molecule has 0 atom stereocenters. The van der Waals surface area contributed by atoms with Crippen LogP contribution in [0.15, 0.2) is 54.6 Å². The highest BCUT2D eigenvalue weighted by atomic mass is 16.5. The summed E-state index contributed by atoms with van der Waals surface area (Å²) in [5, 5.41) is 3.34. The van der Waals surface area contributed by atoms with E-state index in [0.29, 0.717) is 38.5 Å². The Kier molecular flexibility index (Phi) is 6.54. The van der Waals surface area contributed by atoms with E-state index in [0.717, 1.165) is 28.5 Å². The van der Waals surface area contributed by atoms with Gasteiger partial charge in [0.1, 0.15) is 11.6 Å². The summed E-state index contributed by atoms with van der Waals surface area (Å²) in [6.07, 6.45) is 0.442. The van der Waals surface area contributed by atoms with Crippen molar-refractivity contribution in [2.45, 2.75) is 20.3 Å². The number of benzene rings is 2. The Labute approximate surface area is 189 Å². The Morgan fingerprint density at radius 1 is 0.969 bits per heavy atom. The first kappa shape index (κ1) is 21.6. The lowest BCUT2D eigenvalue weighted by molar-refractivity contribution is -0.130. The van der Waals surface area contributed by atoms with Crippen LogP contribution in [0.2, 0.25) is 0 Å². The maximum absolute atomic E-state index is 12.7. The van der Waals surface area contributed by atoms with E-state index in [-0.39, 0.29) is 5.91 Å². The number of nitrogens with zero attached hydrogens (tertiary/aromatic N) is 4. The van der Waals surface area contributed by atoms with Gasteiger partial charge >= 0.3 is 0 Å². The van der Waals surface area contributed by atoms with Gasteiger partial charge in [-0.1, -0.05) is 29.8 Å². The summed E-state index contributed by atoms with van der Waals surface area (Å²) in [6, 6.07) is 17.8. The van der Waals surface area contributed by atoms with Crippen LogP contribution >= 0.6 is 0 Å². The summed E-state index contributed by atoms with van der Waals surface area (Å²) in [5.41, 5.74) is 4.08. The molecule has 4 rings (SSSR count). The number of methoxy groups -OCH3 is 1. The van der Waals surface area contributed by atoms with E-state index in [2.05, 4.69) is 22.1 Å². The number of amides is 1. The van der Waals surface area contributed by atoms with Crippen molar-refractivity contribution in [1.82, 2.24) is 14.9 Å². The van der Waals surface area contributed by atoms with Crippen molar-refractivity contribution in [2.75, 3.05) is 43.5 Å². The number of piperazine rings is 1. The number of carbonyl (C=O) groups is 1. The number of aromatic nitrogens is 2. The Bertz CT molecular complexity index is 1060. The molecular weight excluding hydrogens is 402 g/mol. The predicted octanol–water partition coefficient (Wildman–Crippen LogP) is 3.74. The van der Waals surface area contributed by atoms with Crippen molar-refractivity contribution in [2.24, 2.45) is 0 Å². The van der Waals surface area contributed by atoms with Gasteiger partial charge in [-0.2, -0.15) is 4.98 Å². The minimum Gasteiger partial charge on any atom is -0.497 e. The van der Waals surface area contributed by atoms with Gasteiger partial charge in [-0.05, 0) is 43.7 Å². The lowest BCUT2D eigenvalue weighted by Crippen LogP contribution is -2.49. The first-order valence-electron chi connectivity index (χ1n) is 10.9. The third-order valence-corrected chi connectivity index (χ3v) is 5.60. The third-order valence-electron chi connectivity index (χ3n) is 5.60. The summed E-state index contributed by atoms with van der Waals surface area (Å²) < 4.78 is 5.21. The molecule has 3 aromatic rings. The maximum atomic E-state index is 12.7. The molecule has 1 fully saturated rings. The number of hydrogen-bond donors (Lipinski definition) is 1. The van der Waals surface area contributed by atoms with Crippen LogP contribution in [0.25, 0.3) is 0 Å². The minimum atomic E-state index is 0.167. The van der Waals surface area contributed by atoms with Crippen molar-refractivity contribution in [3.05, 3.63) is 71.4 Å². The van der Waals surface area contributed by atoms with Crippen LogP contribution in [-0.4, -0.2) is 54.1 Å². The lowest BCUT2D eigenvalue weighted by atomic mass is 10.1. The van der Waals surface area contributed by atoms with Gasteiger partial charge in [0.15, 0.2) is 0 Å². The number of nitrogens with one attached hydrogen (secondary N) is 1. The monoisotopic (exact) mass is 431 g/mol. The minimum absolute atomic E-state index is 0.167. The summed E-state index contributed by atoms with van der Waals surface area (Å²) in [7, 11) is 1.65. The second-order valence-electron chi connectivity index (χ2n) is 8.08. The molecule has 0 bridgehead atoms. The molecule has 1 saturated heterocycles. The lowest BCUT2D eigenvalue weighted by Gasteiger charge is -2.35. The average molecular weight is 432 g/mol. The van der Waals surface area contributed by atoms with Crippen LogP contribution in [-0.2, 0) is 11.2 Å². The fourth-order valence-corrected chi connectivity index (χ4v) is 3.73. The van der Waals surface area contributed by atoms with Crippen LogP contribution in [0.1, 0.15) is 16.8 Å². The Morgan fingerprint density at radius 2 is 1.66 bits per heavy atom. The molecule has 32 heavy (non-hydrogen) atoms. The van der Waals surface area contributed by atoms with Crippen LogP contribution in [0, 0.1) is 13.8 Å². The molecule has 0 spiro atoms. The first-order valence-corrected chi connectivity index (χ1v) is 10.9. The number of rotatable bonds is 6. The Morgan fingerprint density at radius 3 is 2.31 bits per heavy atom. The fraction of sp³-hybridized carbons (Fsp3) is 0.320. The predicted molar refractivity (Wildman–Crippen MR) is 127 cm³/mol. The van der Waals surface area contributed by atoms with Gasteiger partial charge in [-0.3, -0.25) is 4.79 Å². The maximum Gasteiger partial charge on any atom is 0.227 e. The Balaban J connectivity index is 1.37. The molecule has 1 aliphatic heterocycles. The first-order chi connectivity index (χ1) is 15.5. The zero-order valence-electron chi connectivity index (χ0n) is 18.8. The van der Waals surface area contributed by atoms with E-state index in [9.17, 15) is 4.79 Å². The van der Waals surface area contributed by atoms with E-state index in [1.54, 1.807) is 7.11 Å². The van der Waals surface area contributed by atoms with E-state index in [1.165, 1.54) is 5.56 Å². The van der Waals surface area contributed by atoms with E-state index < -0.39 is 0 Å². The number of hydrogen-bond acceptors (Lipinski definition) is 6. The topological polar surface area (TPSA) is 70.6 Å². The molecule has 166 valence electrons. The molecule has 1 amide bonds. The van der Waals surface area contributed by atoms with Crippen LogP contribution in [0.5, 0.6) is 5.75 Å². The van der Waals surface area contributed by atoms with Crippen LogP contribution < -0.4 is 15.0 Å². The van der Waals surface area contributed by atoms with Crippen molar-refractivity contribution >= 4 is 23.4 Å². The van der Waals surface area contributed by atoms with Gasteiger partial charge in [-0.25, -0.2) is 4.98 Å². The van der Waals surface area contributed by atoms with Gasteiger partial charge in [0.05, 0.1) is 13.5 Å². The summed E-state index contributed by atoms with van der Waals surface area (Å²) in [6.45, 7) is 6.78. The van der Waals surface area contributed by atoms with E-state index >= 15 is 0 Å². The second kappa shape index (κ2) is 9.68. The quantitative estimate of drug-likeness (QED) is 0.641. The van der Waals surface area contributed by atoms with Crippen molar-refractivity contribution in [3.8, 4) is 5.75 Å². The molecule has 0 radical (unpaired) electrons. The number of anilines is 3. The average Bonchev–Trinajstić information content (AvgIpc) is 2.81. The molecule has 1 N–H and O–H groups in total. The van der Waals surface area contributed by atoms with E-state index in [4.69, 9.17) is 9.72 Å². The molecule has 7 heteroatoms. The SMILES string of the molecule is COc1ccc(Nc2cc(C)nc(N3CCN(C(=O)Cc4ccc(C)cc4)CC3)n2)cc1.